The second-order valence-corrected chi connectivity index (χ2v) is 3.96. The molecule has 17 heavy (non-hydrogen) atoms. The molecule has 0 spiro atoms. The molecule has 1 aliphatic rings. The van der Waals surface area contributed by atoms with Crippen LogP contribution in [0.4, 0.5) is 5.82 Å². The fraction of sp³-hybridized carbons (Fsp3) is 0.364. The summed E-state index contributed by atoms with van der Waals surface area (Å²) in [5.74, 6) is 0.216. The Hall–Kier alpha value is -1.53. The molecule has 2 rings (SSSR count). The number of pyridine rings is 1. The van der Waals surface area contributed by atoms with E-state index in [-0.39, 0.29) is 5.91 Å². The Morgan fingerprint density at radius 2 is 2.18 bits per heavy atom. The molecule has 1 fully saturated rings. The third kappa shape index (κ3) is 3.21. The summed E-state index contributed by atoms with van der Waals surface area (Å²) in [7, 11) is 0. The predicted octanol–water partition coefficient (Wildman–Crippen LogP) is 0.680. The van der Waals surface area contributed by atoms with Gasteiger partial charge in [-0.1, -0.05) is 18.3 Å². The van der Waals surface area contributed by atoms with Crippen LogP contribution >= 0.6 is 12.2 Å². The van der Waals surface area contributed by atoms with Crippen molar-refractivity contribution in [3.8, 4) is 0 Å². The Morgan fingerprint density at radius 1 is 1.41 bits per heavy atom. The summed E-state index contributed by atoms with van der Waals surface area (Å²) in [6.45, 7) is 2.54. The number of nitrogens with one attached hydrogen (secondary N) is 1. The molecule has 90 valence electrons. The normalized spacial score (nSPS) is 15.4. The van der Waals surface area contributed by atoms with Gasteiger partial charge in [-0.3, -0.25) is 4.79 Å². The number of hydrogen-bond donors (Lipinski definition) is 1. The van der Waals surface area contributed by atoms with Gasteiger partial charge in [0.05, 0.1) is 13.2 Å². The lowest BCUT2D eigenvalue weighted by Crippen LogP contribution is -2.44. The first kappa shape index (κ1) is 11.9. The van der Waals surface area contributed by atoms with Crippen LogP contribution in [0.25, 0.3) is 0 Å². The predicted molar refractivity (Wildman–Crippen MR) is 67.9 cm³/mol. The lowest BCUT2D eigenvalue weighted by Gasteiger charge is -2.28. The number of anilines is 1. The number of hydrogen-bond acceptors (Lipinski definition) is 4. The Balaban J connectivity index is 1.93. The summed E-state index contributed by atoms with van der Waals surface area (Å²) in [6, 6.07) is 5.32. The van der Waals surface area contributed by atoms with Crippen molar-refractivity contribution in [3.63, 3.8) is 0 Å². The smallest absolute Gasteiger partial charge is 0.284 e. The lowest BCUT2D eigenvalue weighted by atomic mass is 10.4. The summed E-state index contributed by atoms with van der Waals surface area (Å²) in [6.07, 6.45) is 1.62. The van der Waals surface area contributed by atoms with E-state index in [9.17, 15) is 4.79 Å². The van der Waals surface area contributed by atoms with Gasteiger partial charge in [-0.2, -0.15) is 0 Å². The fourth-order valence-corrected chi connectivity index (χ4v) is 1.75. The lowest BCUT2D eigenvalue weighted by molar-refractivity contribution is -0.111. The molecule has 0 aliphatic carbocycles. The Bertz CT molecular complexity index is 404. The van der Waals surface area contributed by atoms with Crippen molar-refractivity contribution in [1.82, 2.24) is 9.88 Å². The fourth-order valence-electron chi connectivity index (χ4n) is 1.52. The second kappa shape index (κ2) is 5.70. The van der Waals surface area contributed by atoms with Gasteiger partial charge in [-0.15, -0.1) is 0 Å². The maximum absolute atomic E-state index is 11.8. The van der Waals surface area contributed by atoms with Gasteiger partial charge >= 0.3 is 0 Å². The van der Waals surface area contributed by atoms with Gasteiger partial charge in [0, 0.05) is 19.3 Å². The maximum Gasteiger partial charge on any atom is 0.284 e. The number of rotatable bonds is 1. The molecule has 6 heteroatoms. The van der Waals surface area contributed by atoms with Crippen LogP contribution in [0.5, 0.6) is 0 Å². The second-order valence-electron chi connectivity index (χ2n) is 3.57. The zero-order valence-corrected chi connectivity index (χ0v) is 10.1. The molecule has 1 aromatic heterocycles. The summed E-state index contributed by atoms with van der Waals surface area (Å²) < 4.78 is 5.20. The number of carbonyl (C=O) groups excluding carboxylic acids is 1. The molecular weight excluding hydrogens is 238 g/mol. The molecule has 5 nitrogen and oxygen atoms in total. The van der Waals surface area contributed by atoms with Crippen LogP contribution in [0.2, 0.25) is 0 Å². The van der Waals surface area contributed by atoms with E-state index >= 15 is 0 Å². The average molecular weight is 251 g/mol. The summed E-state index contributed by atoms with van der Waals surface area (Å²) in [5.41, 5.74) is 0. The number of thiocarbonyl (C=S) groups is 1. The van der Waals surface area contributed by atoms with Gasteiger partial charge in [0.2, 0.25) is 0 Å². The summed E-state index contributed by atoms with van der Waals surface area (Å²) in [5, 5.41) is 2.67. The van der Waals surface area contributed by atoms with Crippen molar-refractivity contribution in [2.24, 2.45) is 0 Å². The Labute approximate surface area is 105 Å². The first-order valence-electron chi connectivity index (χ1n) is 5.36. The van der Waals surface area contributed by atoms with E-state index in [1.807, 2.05) is 4.90 Å². The van der Waals surface area contributed by atoms with Crippen LogP contribution in [0.15, 0.2) is 24.4 Å². The van der Waals surface area contributed by atoms with Crippen molar-refractivity contribution in [2.75, 3.05) is 31.6 Å². The molecule has 1 N–H and O–H groups in total. The van der Waals surface area contributed by atoms with Gasteiger partial charge < -0.3 is 15.0 Å². The van der Waals surface area contributed by atoms with Crippen LogP contribution < -0.4 is 5.32 Å². The number of aromatic nitrogens is 1. The zero-order valence-electron chi connectivity index (χ0n) is 9.26. The van der Waals surface area contributed by atoms with E-state index in [4.69, 9.17) is 17.0 Å². The van der Waals surface area contributed by atoms with Crippen molar-refractivity contribution in [3.05, 3.63) is 24.4 Å². The molecule has 0 atom stereocenters. The van der Waals surface area contributed by atoms with Crippen molar-refractivity contribution < 1.29 is 9.53 Å². The number of morpholine rings is 1. The van der Waals surface area contributed by atoms with Crippen LogP contribution in [0.1, 0.15) is 0 Å². The third-order valence-corrected chi connectivity index (χ3v) is 2.84. The topological polar surface area (TPSA) is 54.5 Å². The zero-order chi connectivity index (χ0) is 12.1. The van der Waals surface area contributed by atoms with Crippen LogP contribution in [0.3, 0.4) is 0 Å². The highest BCUT2D eigenvalue weighted by molar-refractivity contribution is 7.82. The number of nitrogens with zero attached hydrogens (tertiary/aromatic N) is 2. The Morgan fingerprint density at radius 3 is 2.82 bits per heavy atom. The van der Waals surface area contributed by atoms with E-state index in [0.717, 1.165) is 0 Å². The molecular formula is C11H13N3O2S. The van der Waals surface area contributed by atoms with Crippen LogP contribution in [0, 0.1) is 0 Å². The highest BCUT2D eigenvalue weighted by Gasteiger charge is 2.19. The van der Waals surface area contributed by atoms with E-state index in [0.29, 0.717) is 37.1 Å². The maximum atomic E-state index is 11.8. The van der Waals surface area contributed by atoms with Crippen LogP contribution in [-0.4, -0.2) is 47.1 Å². The molecule has 0 radical (unpaired) electrons. The van der Waals surface area contributed by atoms with E-state index in [1.165, 1.54) is 0 Å². The molecule has 1 amide bonds. The van der Waals surface area contributed by atoms with Crippen molar-refractivity contribution in [2.45, 2.75) is 0 Å². The van der Waals surface area contributed by atoms with Gasteiger partial charge in [0.1, 0.15) is 5.82 Å². The van der Waals surface area contributed by atoms with Gasteiger partial charge in [-0.25, -0.2) is 4.98 Å². The number of amides is 1. The standard InChI is InChI=1S/C11H13N3O2S/c15-10(13-9-3-1-2-4-12-9)11(17)14-5-7-16-8-6-14/h1-4H,5-8H2,(H,12,13,15). The van der Waals surface area contributed by atoms with Gasteiger partial charge in [0.15, 0.2) is 4.99 Å². The SMILES string of the molecule is O=C(Nc1ccccn1)C(=S)N1CCOCC1. The molecule has 0 bridgehead atoms. The van der Waals surface area contributed by atoms with Gasteiger partial charge in [-0.05, 0) is 12.1 Å². The molecule has 0 saturated carbocycles. The minimum Gasteiger partial charge on any atom is -0.378 e. The van der Waals surface area contributed by atoms with Crippen LogP contribution in [-0.2, 0) is 9.53 Å². The summed E-state index contributed by atoms with van der Waals surface area (Å²) >= 11 is 5.13. The van der Waals surface area contributed by atoms with Crippen molar-refractivity contribution >= 4 is 28.9 Å². The largest absolute Gasteiger partial charge is 0.378 e. The molecule has 0 aromatic carbocycles. The molecule has 0 unspecified atom stereocenters. The first-order chi connectivity index (χ1) is 8.27. The number of ether oxygens (including phenoxy) is 1. The highest BCUT2D eigenvalue weighted by atomic mass is 32.1. The van der Waals surface area contributed by atoms with E-state index < -0.39 is 0 Å². The van der Waals surface area contributed by atoms with Crippen molar-refractivity contribution in [1.29, 1.82) is 0 Å². The minimum atomic E-state index is -0.291. The van der Waals surface area contributed by atoms with E-state index in [2.05, 4.69) is 10.3 Å². The van der Waals surface area contributed by atoms with Gasteiger partial charge in [0.25, 0.3) is 5.91 Å². The van der Waals surface area contributed by atoms with E-state index in [1.54, 1.807) is 24.4 Å². The monoisotopic (exact) mass is 251 g/mol. The summed E-state index contributed by atoms with van der Waals surface area (Å²) in [4.78, 5) is 18.0. The first-order valence-corrected chi connectivity index (χ1v) is 5.77. The molecule has 1 aliphatic heterocycles. The molecule has 1 saturated heterocycles. The Kier molecular flexibility index (Phi) is 4.00. The highest BCUT2D eigenvalue weighted by Crippen LogP contribution is 2.04. The average Bonchev–Trinajstić information content (AvgIpc) is 2.40. The number of carbonyl (C=O) groups is 1. The molecule has 2 heterocycles. The molecule has 1 aromatic rings. The minimum absolute atomic E-state index is 0.291. The third-order valence-electron chi connectivity index (χ3n) is 2.40. The quantitative estimate of drug-likeness (QED) is 0.744.